The summed E-state index contributed by atoms with van der Waals surface area (Å²) in [6.45, 7) is 3.77. The first-order chi connectivity index (χ1) is 9.45. The van der Waals surface area contributed by atoms with Crippen molar-refractivity contribution in [2.24, 2.45) is 11.7 Å². The molecule has 2 heterocycles. The van der Waals surface area contributed by atoms with E-state index in [0.717, 1.165) is 12.8 Å². The van der Waals surface area contributed by atoms with Gasteiger partial charge in [0.1, 0.15) is 16.4 Å². The Balaban J connectivity index is 2.13. The highest BCUT2D eigenvalue weighted by atomic mass is 32.2. The number of furan rings is 1. The summed E-state index contributed by atoms with van der Waals surface area (Å²) in [4.78, 5) is 0.215. The molecule has 1 aromatic rings. The monoisotopic (exact) mass is 302 g/mol. The van der Waals surface area contributed by atoms with Crippen LogP contribution in [0.5, 0.6) is 0 Å². The molecule has 1 saturated heterocycles. The van der Waals surface area contributed by atoms with Crippen molar-refractivity contribution in [2.75, 3.05) is 26.8 Å². The number of nitrogens with zero attached hydrogens (tertiary/aromatic N) is 1. The minimum atomic E-state index is -3.52. The SMILES string of the molecule is Cc1oc(CN)cc1S(=O)(=O)N(C)CC1CCOCC1. The molecular weight excluding hydrogens is 280 g/mol. The van der Waals surface area contributed by atoms with Gasteiger partial charge in [-0.1, -0.05) is 0 Å². The number of rotatable bonds is 5. The third-order valence-corrected chi connectivity index (χ3v) is 5.60. The molecule has 2 rings (SSSR count). The average molecular weight is 302 g/mol. The van der Waals surface area contributed by atoms with Crippen molar-refractivity contribution >= 4 is 10.0 Å². The molecule has 0 unspecified atom stereocenters. The molecule has 0 aliphatic carbocycles. The van der Waals surface area contributed by atoms with Crippen LogP contribution in [0.2, 0.25) is 0 Å². The minimum Gasteiger partial charge on any atom is -0.464 e. The van der Waals surface area contributed by atoms with Gasteiger partial charge in [-0.3, -0.25) is 0 Å². The van der Waals surface area contributed by atoms with E-state index in [1.807, 2.05) is 0 Å². The van der Waals surface area contributed by atoms with Crippen LogP contribution in [-0.4, -0.2) is 39.5 Å². The van der Waals surface area contributed by atoms with E-state index in [-0.39, 0.29) is 11.4 Å². The number of ether oxygens (including phenoxy) is 1. The molecule has 1 aromatic heterocycles. The fourth-order valence-corrected chi connectivity index (χ4v) is 3.87. The van der Waals surface area contributed by atoms with E-state index in [9.17, 15) is 8.42 Å². The van der Waals surface area contributed by atoms with Gasteiger partial charge in [-0.25, -0.2) is 12.7 Å². The van der Waals surface area contributed by atoms with Gasteiger partial charge in [-0.05, 0) is 25.7 Å². The van der Waals surface area contributed by atoms with Crippen LogP contribution in [-0.2, 0) is 21.3 Å². The maximum atomic E-state index is 12.5. The second-order valence-electron chi connectivity index (χ2n) is 5.18. The summed E-state index contributed by atoms with van der Waals surface area (Å²) in [5, 5.41) is 0. The average Bonchev–Trinajstić information content (AvgIpc) is 2.82. The van der Waals surface area contributed by atoms with E-state index in [1.165, 1.54) is 10.4 Å². The second kappa shape index (κ2) is 6.26. The van der Waals surface area contributed by atoms with Crippen LogP contribution in [0.1, 0.15) is 24.4 Å². The van der Waals surface area contributed by atoms with Crippen molar-refractivity contribution in [1.82, 2.24) is 4.31 Å². The van der Waals surface area contributed by atoms with Crippen LogP contribution in [0.25, 0.3) is 0 Å². The van der Waals surface area contributed by atoms with E-state index in [4.69, 9.17) is 14.9 Å². The molecule has 1 fully saturated rings. The van der Waals surface area contributed by atoms with E-state index in [0.29, 0.717) is 37.2 Å². The fourth-order valence-electron chi connectivity index (χ4n) is 2.44. The van der Waals surface area contributed by atoms with Crippen molar-refractivity contribution < 1.29 is 17.6 Å². The van der Waals surface area contributed by atoms with E-state index >= 15 is 0 Å². The third-order valence-electron chi connectivity index (χ3n) is 3.67. The van der Waals surface area contributed by atoms with Crippen molar-refractivity contribution in [3.63, 3.8) is 0 Å². The van der Waals surface area contributed by atoms with Crippen LogP contribution < -0.4 is 5.73 Å². The highest BCUT2D eigenvalue weighted by Crippen LogP contribution is 2.25. The van der Waals surface area contributed by atoms with Gasteiger partial charge in [0.05, 0.1) is 6.54 Å². The number of sulfonamides is 1. The Morgan fingerprint density at radius 1 is 1.40 bits per heavy atom. The van der Waals surface area contributed by atoms with E-state index in [2.05, 4.69) is 0 Å². The molecule has 20 heavy (non-hydrogen) atoms. The van der Waals surface area contributed by atoms with Crippen LogP contribution in [0.15, 0.2) is 15.4 Å². The topological polar surface area (TPSA) is 85.8 Å². The molecule has 0 bridgehead atoms. The molecule has 0 aromatic carbocycles. The highest BCUT2D eigenvalue weighted by molar-refractivity contribution is 7.89. The van der Waals surface area contributed by atoms with Crippen molar-refractivity contribution in [1.29, 1.82) is 0 Å². The summed E-state index contributed by atoms with van der Waals surface area (Å²) in [5.74, 6) is 1.23. The molecule has 0 spiro atoms. The first kappa shape index (κ1) is 15.5. The number of nitrogens with two attached hydrogens (primary N) is 1. The Hall–Kier alpha value is -0.890. The van der Waals surface area contributed by atoms with Crippen LogP contribution in [0.4, 0.5) is 0 Å². The Morgan fingerprint density at radius 3 is 2.60 bits per heavy atom. The molecular formula is C13H22N2O4S. The quantitative estimate of drug-likeness (QED) is 0.880. The molecule has 0 saturated carbocycles. The van der Waals surface area contributed by atoms with Crippen LogP contribution in [0.3, 0.4) is 0 Å². The van der Waals surface area contributed by atoms with Gasteiger partial charge < -0.3 is 14.9 Å². The minimum absolute atomic E-state index is 0.194. The second-order valence-corrected chi connectivity index (χ2v) is 7.19. The standard InChI is InChI=1S/C13H22N2O4S/c1-10-13(7-12(8-14)19-10)20(16,17)15(2)9-11-3-5-18-6-4-11/h7,11H,3-6,8-9,14H2,1-2H3. The summed E-state index contributed by atoms with van der Waals surface area (Å²) in [6.07, 6.45) is 1.80. The smallest absolute Gasteiger partial charge is 0.246 e. The maximum Gasteiger partial charge on any atom is 0.246 e. The first-order valence-corrected chi connectivity index (χ1v) is 8.22. The number of aryl methyl sites for hydroxylation is 1. The number of hydrogen-bond acceptors (Lipinski definition) is 5. The summed E-state index contributed by atoms with van der Waals surface area (Å²) in [6, 6.07) is 1.52. The van der Waals surface area contributed by atoms with Gasteiger partial charge in [-0.2, -0.15) is 0 Å². The van der Waals surface area contributed by atoms with Gasteiger partial charge in [0, 0.05) is 32.9 Å². The molecule has 0 atom stereocenters. The van der Waals surface area contributed by atoms with Crippen molar-refractivity contribution in [3.05, 3.63) is 17.6 Å². The predicted octanol–water partition coefficient (Wildman–Crippen LogP) is 1.09. The molecule has 1 aliphatic heterocycles. The Bertz CT molecular complexity index is 547. The van der Waals surface area contributed by atoms with Gasteiger partial charge in [-0.15, -0.1) is 0 Å². The molecule has 1 aliphatic rings. The predicted molar refractivity (Wildman–Crippen MR) is 74.7 cm³/mol. The van der Waals surface area contributed by atoms with Crippen LogP contribution >= 0.6 is 0 Å². The summed E-state index contributed by atoms with van der Waals surface area (Å²) in [5.41, 5.74) is 5.48. The van der Waals surface area contributed by atoms with Crippen molar-refractivity contribution in [3.8, 4) is 0 Å². The number of hydrogen-bond donors (Lipinski definition) is 1. The molecule has 0 radical (unpaired) electrons. The fraction of sp³-hybridized carbons (Fsp3) is 0.692. The zero-order valence-corrected chi connectivity index (χ0v) is 12.8. The lowest BCUT2D eigenvalue weighted by atomic mass is 10.0. The molecule has 2 N–H and O–H groups in total. The zero-order valence-electron chi connectivity index (χ0n) is 12.0. The molecule has 7 heteroatoms. The summed E-state index contributed by atoms with van der Waals surface area (Å²) in [7, 11) is -1.90. The zero-order chi connectivity index (χ0) is 14.8. The van der Waals surface area contributed by atoms with Gasteiger partial charge in [0.2, 0.25) is 10.0 Å². The van der Waals surface area contributed by atoms with Gasteiger partial charge in [0.25, 0.3) is 0 Å². The lowest BCUT2D eigenvalue weighted by molar-refractivity contribution is 0.0620. The molecule has 0 amide bonds. The highest BCUT2D eigenvalue weighted by Gasteiger charge is 2.28. The van der Waals surface area contributed by atoms with Gasteiger partial charge in [0.15, 0.2) is 0 Å². The van der Waals surface area contributed by atoms with E-state index < -0.39 is 10.0 Å². The summed E-state index contributed by atoms with van der Waals surface area (Å²) >= 11 is 0. The summed E-state index contributed by atoms with van der Waals surface area (Å²) < 4.78 is 37.1. The normalized spacial score (nSPS) is 17.8. The molecule has 114 valence electrons. The lowest BCUT2D eigenvalue weighted by Gasteiger charge is -2.26. The van der Waals surface area contributed by atoms with Crippen LogP contribution in [0, 0.1) is 12.8 Å². The third kappa shape index (κ3) is 3.22. The lowest BCUT2D eigenvalue weighted by Crippen LogP contribution is -2.34. The van der Waals surface area contributed by atoms with Gasteiger partial charge >= 0.3 is 0 Å². The first-order valence-electron chi connectivity index (χ1n) is 6.78. The largest absolute Gasteiger partial charge is 0.464 e. The van der Waals surface area contributed by atoms with Crippen molar-refractivity contribution in [2.45, 2.75) is 31.2 Å². The van der Waals surface area contributed by atoms with E-state index in [1.54, 1.807) is 14.0 Å². The molecule has 6 nitrogen and oxygen atoms in total. The Labute approximate surface area is 119 Å². The Morgan fingerprint density at radius 2 is 2.05 bits per heavy atom. The Kier molecular flexibility index (Phi) is 4.85. The maximum absolute atomic E-state index is 12.5.